The van der Waals surface area contributed by atoms with Crippen molar-refractivity contribution < 1.29 is 28.6 Å². The molecule has 1 fully saturated rings. The summed E-state index contributed by atoms with van der Waals surface area (Å²) in [6.07, 6.45) is 0.218. The molecule has 0 bridgehead atoms. The molecule has 25 heavy (non-hydrogen) atoms. The van der Waals surface area contributed by atoms with Crippen LogP contribution in [0.5, 0.6) is 0 Å². The second-order valence-electron chi connectivity index (χ2n) is 5.26. The van der Waals surface area contributed by atoms with Crippen LogP contribution in [0.3, 0.4) is 0 Å². The summed E-state index contributed by atoms with van der Waals surface area (Å²) in [5.41, 5.74) is 0.615. The minimum absolute atomic E-state index is 0. The monoisotopic (exact) mass is 372 g/mol. The fourth-order valence-electron chi connectivity index (χ4n) is 2.36. The minimum Gasteiger partial charge on any atom is -0.465 e. The number of morpholine rings is 1. The summed E-state index contributed by atoms with van der Waals surface area (Å²) >= 11 is 0. The molecule has 1 heterocycles. The van der Waals surface area contributed by atoms with Crippen LogP contribution >= 0.6 is 12.4 Å². The van der Waals surface area contributed by atoms with Gasteiger partial charge in [-0.15, -0.1) is 12.4 Å². The van der Waals surface area contributed by atoms with Crippen LogP contribution in [0.15, 0.2) is 18.2 Å². The van der Waals surface area contributed by atoms with Crippen LogP contribution in [0.4, 0.5) is 5.69 Å². The fraction of sp³-hybridized carbons (Fsp3) is 0.438. The molecule has 0 saturated carbocycles. The first-order chi connectivity index (χ1) is 11.5. The fourth-order valence-corrected chi connectivity index (χ4v) is 2.36. The van der Waals surface area contributed by atoms with E-state index < -0.39 is 11.9 Å². The SMILES string of the molecule is COC(=O)c1cc(NC(=O)CC2COCCN2)cc(C(=O)OC)c1.Cl. The molecule has 1 unspecified atom stereocenters. The van der Waals surface area contributed by atoms with Gasteiger partial charge in [0.15, 0.2) is 0 Å². The summed E-state index contributed by atoms with van der Waals surface area (Å²) in [6.45, 7) is 1.78. The van der Waals surface area contributed by atoms with Crippen molar-refractivity contribution in [2.45, 2.75) is 12.5 Å². The van der Waals surface area contributed by atoms with Gasteiger partial charge in [-0.25, -0.2) is 9.59 Å². The first kappa shape index (κ1) is 20.9. The number of carbonyl (C=O) groups is 3. The molecule has 1 aromatic carbocycles. The maximum Gasteiger partial charge on any atom is 0.337 e. The zero-order valence-electron chi connectivity index (χ0n) is 14.0. The second-order valence-corrected chi connectivity index (χ2v) is 5.26. The molecular weight excluding hydrogens is 352 g/mol. The lowest BCUT2D eigenvalue weighted by atomic mass is 10.1. The zero-order chi connectivity index (χ0) is 17.5. The molecule has 8 nitrogen and oxygen atoms in total. The smallest absolute Gasteiger partial charge is 0.337 e. The third-order valence-corrected chi connectivity index (χ3v) is 3.49. The highest BCUT2D eigenvalue weighted by atomic mass is 35.5. The highest BCUT2D eigenvalue weighted by Gasteiger charge is 2.19. The van der Waals surface area contributed by atoms with Crippen LogP contribution in [-0.4, -0.2) is 57.9 Å². The molecule has 1 amide bonds. The summed E-state index contributed by atoms with van der Waals surface area (Å²) in [5.74, 6) is -1.48. The molecule has 0 radical (unpaired) electrons. The van der Waals surface area contributed by atoms with Crippen LogP contribution in [0.25, 0.3) is 0 Å². The Bertz CT molecular complexity index is 597. The van der Waals surface area contributed by atoms with Gasteiger partial charge in [0, 0.05) is 24.7 Å². The van der Waals surface area contributed by atoms with E-state index in [1.807, 2.05) is 0 Å². The molecule has 1 aromatic rings. The number of esters is 2. The number of nitrogens with one attached hydrogen (secondary N) is 2. The first-order valence-corrected chi connectivity index (χ1v) is 7.46. The van der Waals surface area contributed by atoms with E-state index in [0.717, 1.165) is 0 Å². The lowest BCUT2D eigenvalue weighted by Crippen LogP contribution is -2.43. The number of amides is 1. The standard InChI is InChI=1S/C16H20N2O6.ClH/c1-22-15(20)10-5-11(16(21)23-2)7-12(6-10)18-14(19)8-13-9-24-4-3-17-13;/h5-7,13,17H,3-4,8-9H2,1-2H3,(H,18,19);1H. The Kier molecular flexibility index (Phi) is 8.33. The molecular formula is C16H21ClN2O6. The molecule has 0 spiro atoms. The normalized spacial score (nSPS) is 16.3. The Hall–Kier alpha value is -2.16. The van der Waals surface area contributed by atoms with Crippen LogP contribution < -0.4 is 10.6 Å². The van der Waals surface area contributed by atoms with Crippen molar-refractivity contribution in [1.82, 2.24) is 5.32 Å². The first-order valence-electron chi connectivity index (χ1n) is 7.46. The van der Waals surface area contributed by atoms with E-state index in [9.17, 15) is 14.4 Å². The summed E-state index contributed by atoms with van der Waals surface area (Å²) < 4.78 is 14.6. The van der Waals surface area contributed by atoms with E-state index in [0.29, 0.717) is 25.4 Å². The Morgan fingerprint density at radius 1 is 1.16 bits per heavy atom. The van der Waals surface area contributed by atoms with Crippen LogP contribution in [0.1, 0.15) is 27.1 Å². The van der Waals surface area contributed by atoms with Gasteiger partial charge in [0.1, 0.15) is 0 Å². The van der Waals surface area contributed by atoms with Crippen LogP contribution in [0.2, 0.25) is 0 Å². The molecule has 9 heteroatoms. The third-order valence-electron chi connectivity index (χ3n) is 3.49. The van der Waals surface area contributed by atoms with Gasteiger partial charge in [0.2, 0.25) is 5.91 Å². The van der Waals surface area contributed by atoms with Gasteiger partial charge < -0.3 is 24.8 Å². The maximum atomic E-state index is 12.1. The molecule has 1 atom stereocenters. The van der Waals surface area contributed by atoms with Crippen LogP contribution in [-0.2, 0) is 19.0 Å². The van der Waals surface area contributed by atoms with E-state index in [1.165, 1.54) is 32.4 Å². The van der Waals surface area contributed by atoms with E-state index in [2.05, 4.69) is 20.1 Å². The summed E-state index contributed by atoms with van der Waals surface area (Å²) in [5, 5.41) is 5.86. The highest BCUT2D eigenvalue weighted by Crippen LogP contribution is 2.17. The number of carbonyl (C=O) groups excluding carboxylic acids is 3. The Labute approximate surface area is 151 Å². The molecule has 2 N–H and O–H groups in total. The van der Waals surface area contributed by atoms with E-state index in [4.69, 9.17) is 4.74 Å². The van der Waals surface area contributed by atoms with Crippen molar-refractivity contribution in [3.05, 3.63) is 29.3 Å². The average Bonchev–Trinajstić information content (AvgIpc) is 2.60. The van der Waals surface area contributed by atoms with E-state index >= 15 is 0 Å². The molecule has 2 rings (SSSR count). The molecule has 1 saturated heterocycles. The number of benzene rings is 1. The zero-order valence-corrected chi connectivity index (χ0v) is 14.8. The predicted octanol–water partition coefficient (Wildman–Crippen LogP) is 0.999. The summed E-state index contributed by atoms with van der Waals surface area (Å²) in [6, 6.07) is 4.17. The van der Waals surface area contributed by atoms with Gasteiger partial charge in [-0.1, -0.05) is 0 Å². The van der Waals surface area contributed by atoms with Crippen molar-refractivity contribution in [3.8, 4) is 0 Å². The van der Waals surface area contributed by atoms with Crippen molar-refractivity contribution in [1.29, 1.82) is 0 Å². The topological polar surface area (TPSA) is 103 Å². The van der Waals surface area contributed by atoms with Gasteiger partial charge in [0.25, 0.3) is 0 Å². The Morgan fingerprint density at radius 2 is 1.76 bits per heavy atom. The third kappa shape index (κ3) is 6.00. The number of anilines is 1. The molecule has 1 aliphatic heterocycles. The van der Waals surface area contributed by atoms with Gasteiger partial charge in [-0.2, -0.15) is 0 Å². The van der Waals surface area contributed by atoms with Crippen LogP contribution in [0, 0.1) is 0 Å². The summed E-state index contributed by atoms with van der Waals surface area (Å²) in [7, 11) is 2.47. The van der Waals surface area contributed by atoms with Crippen molar-refractivity contribution in [2.24, 2.45) is 0 Å². The largest absolute Gasteiger partial charge is 0.465 e. The average molecular weight is 373 g/mol. The van der Waals surface area contributed by atoms with Gasteiger partial charge in [0.05, 0.1) is 38.6 Å². The predicted molar refractivity (Wildman–Crippen MR) is 92.2 cm³/mol. The van der Waals surface area contributed by atoms with Crippen molar-refractivity contribution in [3.63, 3.8) is 0 Å². The van der Waals surface area contributed by atoms with Crippen molar-refractivity contribution in [2.75, 3.05) is 39.3 Å². The molecule has 0 aromatic heterocycles. The van der Waals surface area contributed by atoms with Gasteiger partial charge in [-0.3, -0.25) is 4.79 Å². The number of ether oxygens (including phenoxy) is 3. The number of hydrogen-bond donors (Lipinski definition) is 2. The number of hydrogen-bond acceptors (Lipinski definition) is 7. The molecule has 0 aliphatic carbocycles. The lowest BCUT2D eigenvalue weighted by Gasteiger charge is -2.23. The van der Waals surface area contributed by atoms with Crippen molar-refractivity contribution >= 4 is 35.9 Å². The second kappa shape index (κ2) is 9.97. The lowest BCUT2D eigenvalue weighted by molar-refractivity contribution is -0.117. The maximum absolute atomic E-state index is 12.1. The van der Waals surface area contributed by atoms with E-state index in [-0.39, 0.29) is 41.9 Å². The number of methoxy groups -OCH3 is 2. The van der Waals surface area contributed by atoms with Gasteiger partial charge in [-0.05, 0) is 18.2 Å². The molecule has 138 valence electrons. The minimum atomic E-state index is -0.612. The quantitative estimate of drug-likeness (QED) is 0.743. The van der Waals surface area contributed by atoms with Gasteiger partial charge >= 0.3 is 11.9 Å². The van der Waals surface area contributed by atoms with E-state index in [1.54, 1.807) is 0 Å². The number of halogens is 1. The molecule has 1 aliphatic rings. The summed E-state index contributed by atoms with van der Waals surface area (Å²) in [4.78, 5) is 35.6. The Morgan fingerprint density at radius 3 is 2.24 bits per heavy atom. The Balaban J connectivity index is 0.00000312. The highest BCUT2D eigenvalue weighted by molar-refractivity contribution is 5.99. The number of rotatable bonds is 5.